The highest BCUT2D eigenvalue weighted by atomic mass is 16.5. The SMILES string of the molecule is COCCNCC(C)(CCCC(C)C)C(C)C. The Morgan fingerprint density at radius 1 is 1.18 bits per heavy atom. The Morgan fingerprint density at radius 3 is 2.29 bits per heavy atom. The summed E-state index contributed by atoms with van der Waals surface area (Å²) in [5.74, 6) is 1.55. The second-order valence-electron chi connectivity index (χ2n) is 6.26. The summed E-state index contributed by atoms with van der Waals surface area (Å²) in [7, 11) is 1.76. The summed E-state index contributed by atoms with van der Waals surface area (Å²) in [6.07, 6.45) is 4.02. The Bertz CT molecular complexity index is 180. The highest BCUT2D eigenvalue weighted by Gasteiger charge is 2.27. The monoisotopic (exact) mass is 243 g/mol. The smallest absolute Gasteiger partial charge is 0.0587 e. The normalized spacial score (nSPS) is 15.5. The summed E-state index contributed by atoms with van der Waals surface area (Å²) >= 11 is 0. The molecule has 2 nitrogen and oxygen atoms in total. The lowest BCUT2D eigenvalue weighted by Crippen LogP contribution is -2.37. The van der Waals surface area contributed by atoms with Crippen LogP contribution in [0.3, 0.4) is 0 Å². The van der Waals surface area contributed by atoms with Crippen molar-refractivity contribution < 1.29 is 4.74 Å². The average molecular weight is 243 g/mol. The van der Waals surface area contributed by atoms with Gasteiger partial charge in [0.05, 0.1) is 6.61 Å². The van der Waals surface area contributed by atoms with Gasteiger partial charge in [0.2, 0.25) is 0 Å². The fourth-order valence-electron chi connectivity index (χ4n) is 2.04. The Kier molecular flexibility index (Phi) is 8.89. The molecule has 0 heterocycles. The summed E-state index contributed by atoms with van der Waals surface area (Å²) in [6, 6.07) is 0. The van der Waals surface area contributed by atoms with Crippen molar-refractivity contribution >= 4 is 0 Å². The van der Waals surface area contributed by atoms with Crippen molar-refractivity contribution in [3.8, 4) is 0 Å². The molecule has 0 amide bonds. The van der Waals surface area contributed by atoms with Crippen LogP contribution in [0.15, 0.2) is 0 Å². The van der Waals surface area contributed by atoms with Crippen LogP contribution in [0.5, 0.6) is 0 Å². The maximum Gasteiger partial charge on any atom is 0.0587 e. The Morgan fingerprint density at radius 2 is 1.82 bits per heavy atom. The van der Waals surface area contributed by atoms with Crippen LogP contribution in [-0.4, -0.2) is 26.8 Å². The molecule has 0 aliphatic rings. The summed E-state index contributed by atoms with van der Waals surface area (Å²) in [4.78, 5) is 0. The zero-order valence-corrected chi connectivity index (χ0v) is 12.8. The van der Waals surface area contributed by atoms with E-state index in [4.69, 9.17) is 4.74 Å². The minimum Gasteiger partial charge on any atom is -0.383 e. The fraction of sp³-hybridized carbons (Fsp3) is 1.00. The molecule has 0 radical (unpaired) electrons. The molecule has 1 N–H and O–H groups in total. The van der Waals surface area contributed by atoms with Crippen LogP contribution < -0.4 is 5.32 Å². The van der Waals surface area contributed by atoms with Crippen molar-refractivity contribution in [2.75, 3.05) is 26.8 Å². The highest BCUT2D eigenvalue weighted by molar-refractivity contribution is 4.80. The maximum atomic E-state index is 5.07. The summed E-state index contributed by atoms with van der Waals surface area (Å²) < 4.78 is 5.07. The van der Waals surface area contributed by atoms with Crippen molar-refractivity contribution in [2.45, 2.75) is 53.9 Å². The molecule has 0 aromatic rings. The van der Waals surface area contributed by atoms with Crippen LogP contribution in [0.1, 0.15) is 53.9 Å². The quantitative estimate of drug-likeness (QED) is 0.591. The predicted octanol–water partition coefficient (Wildman–Crippen LogP) is 3.71. The van der Waals surface area contributed by atoms with Gasteiger partial charge in [-0.2, -0.15) is 0 Å². The molecule has 2 heteroatoms. The maximum absolute atomic E-state index is 5.07. The van der Waals surface area contributed by atoms with Gasteiger partial charge in [0, 0.05) is 20.2 Å². The second-order valence-corrected chi connectivity index (χ2v) is 6.26. The van der Waals surface area contributed by atoms with Crippen LogP contribution in [0.4, 0.5) is 0 Å². The Balaban J connectivity index is 3.98. The third-order valence-electron chi connectivity index (χ3n) is 3.94. The molecular weight excluding hydrogens is 210 g/mol. The lowest BCUT2D eigenvalue weighted by atomic mass is 9.74. The number of nitrogens with one attached hydrogen (secondary N) is 1. The van der Waals surface area contributed by atoms with Gasteiger partial charge in [-0.3, -0.25) is 0 Å². The van der Waals surface area contributed by atoms with Gasteiger partial charge in [-0.1, -0.05) is 47.5 Å². The van der Waals surface area contributed by atoms with Crippen molar-refractivity contribution in [1.29, 1.82) is 0 Å². The molecule has 0 fully saturated rings. The molecule has 0 aliphatic carbocycles. The zero-order valence-electron chi connectivity index (χ0n) is 12.8. The third kappa shape index (κ3) is 7.77. The van der Waals surface area contributed by atoms with Gasteiger partial charge in [0.1, 0.15) is 0 Å². The molecule has 0 bridgehead atoms. The first-order valence-corrected chi connectivity index (χ1v) is 7.12. The van der Waals surface area contributed by atoms with E-state index < -0.39 is 0 Å². The largest absolute Gasteiger partial charge is 0.383 e. The topological polar surface area (TPSA) is 21.3 Å². The molecule has 104 valence electrons. The van der Waals surface area contributed by atoms with Crippen molar-refractivity contribution in [3.63, 3.8) is 0 Å². The molecule has 1 unspecified atom stereocenters. The first-order valence-electron chi connectivity index (χ1n) is 7.12. The molecule has 0 rings (SSSR count). The van der Waals surface area contributed by atoms with Crippen LogP contribution in [0.25, 0.3) is 0 Å². The first kappa shape index (κ1) is 16.9. The molecule has 0 aliphatic heterocycles. The fourth-order valence-corrected chi connectivity index (χ4v) is 2.04. The Labute approximate surface area is 109 Å². The van der Waals surface area contributed by atoms with Crippen LogP contribution in [0.2, 0.25) is 0 Å². The van der Waals surface area contributed by atoms with E-state index in [9.17, 15) is 0 Å². The predicted molar refractivity (Wildman–Crippen MR) is 76.4 cm³/mol. The van der Waals surface area contributed by atoms with E-state index in [0.29, 0.717) is 5.41 Å². The zero-order chi connectivity index (χ0) is 13.3. The summed E-state index contributed by atoms with van der Waals surface area (Å²) in [6.45, 7) is 14.6. The van der Waals surface area contributed by atoms with E-state index in [2.05, 4.69) is 39.9 Å². The van der Waals surface area contributed by atoms with Crippen molar-refractivity contribution in [3.05, 3.63) is 0 Å². The number of hydrogen-bond donors (Lipinski definition) is 1. The van der Waals surface area contributed by atoms with Crippen LogP contribution >= 0.6 is 0 Å². The Hall–Kier alpha value is -0.0800. The molecule has 0 aromatic carbocycles. The van der Waals surface area contributed by atoms with Gasteiger partial charge < -0.3 is 10.1 Å². The van der Waals surface area contributed by atoms with Crippen LogP contribution in [-0.2, 0) is 4.74 Å². The van der Waals surface area contributed by atoms with E-state index in [1.165, 1.54) is 19.3 Å². The molecule has 0 spiro atoms. The van der Waals surface area contributed by atoms with Gasteiger partial charge in [-0.05, 0) is 23.7 Å². The minimum absolute atomic E-state index is 0.419. The van der Waals surface area contributed by atoms with Crippen LogP contribution in [0, 0.1) is 17.3 Å². The highest BCUT2D eigenvalue weighted by Crippen LogP contribution is 2.32. The van der Waals surface area contributed by atoms with Crippen molar-refractivity contribution in [1.82, 2.24) is 5.32 Å². The molecule has 1 atom stereocenters. The van der Waals surface area contributed by atoms with Gasteiger partial charge in [0.15, 0.2) is 0 Å². The minimum atomic E-state index is 0.419. The van der Waals surface area contributed by atoms with E-state index in [-0.39, 0.29) is 0 Å². The van der Waals surface area contributed by atoms with E-state index in [1.807, 2.05) is 0 Å². The lowest BCUT2D eigenvalue weighted by molar-refractivity contribution is 0.163. The summed E-state index contributed by atoms with van der Waals surface area (Å²) in [5, 5.41) is 3.52. The van der Waals surface area contributed by atoms with Crippen molar-refractivity contribution in [2.24, 2.45) is 17.3 Å². The lowest BCUT2D eigenvalue weighted by Gasteiger charge is -2.34. The number of methoxy groups -OCH3 is 1. The van der Waals surface area contributed by atoms with Gasteiger partial charge in [-0.15, -0.1) is 0 Å². The molecule has 17 heavy (non-hydrogen) atoms. The standard InChI is InChI=1S/C15H33NO/c1-13(2)8-7-9-15(5,14(3)4)12-16-10-11-17-6/h13-14,16H,7-12H2,1-6H3. The third-order valence-corrected chi connectivity index (χ3v) is 3.94. The molecule has 0 saturated heterocycles. The van der Waals surface area contributed by atoms with Gasteiger partial charge in [0.25, 0.3) is 0 Å². The van der Waals surface area contributed by atoms with E-state index in [1.54, 1.807) is 7.11 Å². The molecule has 0 saturated carbocycles. The average Bonchev–Trinajstić information content (AvgIpc) is 2.23. The number of rotatable bonds is 10. The van der Waals surface area contributed by atoms with E-state index >= 15 is 0 Å². The summed E-state index contributed by atoms with van der Waals surface area (Å²) in [5.41, 5.74) is 0.419. The first-order chi connectivity index (χ1) is 7.92. The van der Waals surface area contributed by atoms with Gasteiger partial charge >= 0.3 is 0 Å². The van der Waals surface area contributed by atoms with Gasteiger partial charge in [-0.25, -0.2) is 0 Å². The number of ether oxygens (including phenoxy) is 1. The molecule has 0 aromatic heterocycles. The molecular formula is C15H33NO. The second kappa shape index (κ2) is 8.93. The van der Waals surface area contributed by atoms with E-state index in [0.717, 1.165) is 31.5 Å². The number of hydrogen-bond acceptors (Lipinski definition) is 2.